The molecule has 3 saturated heterocycles. The van der Waals surface area contributed by atoms with Crippen LogP contribution in [-0.2, 0) is 6.42 Å². The van der Waals surface area contributed by atoms with Gasteiger partial charge < -0.3 is 9.88 Å². The fourth-order valence-electron chi connectivity index (χ4n) is 3.85. The molecule has 5 rings (SSSR count). The first kappa shape index (κ1) is 10.6. The Morgan fingerprint density at radius 1 is 1.17 bits per heavy atom. The monoisotopic (exact) mass is 240 g/mol. The first-order valence-electron chi connectivity index (χ1n) is 7.19. The van der Waals surface area contributed by atoms with Crippen molar-refractivity contribution in [1.82, 2.24) is 9.88 Å². The summed E-state index contributed by atoms with van der Waals surface area (Å²) in [4.78, 5) is 6.11. The van der Waals surface area contributed by atoms with Crippen molar-refractivity contribution < 1.29 is 0 Å². The number of benzene rings is 1. The van der Waals surface area contributed by atoms with E-state index in [2.05, 4.69) is 40.3 Å². The maximum absolute atomic E-state index is 3.40. The van der Waals surface area contributed by atoms with E-state index in [1.807, 2.05) is 0 Å². The van der Waals surface area contributed by atoms with Gasteiger partial charge in [0.1, 0.15) is 0 Å². The number of nitrogens with one attached hydrogen (secondary N) is 1. The van der Waals surface area contributed by atoms with Gasteiger partial charge in [-0.2, -0.15) is 0 Å². The van der Waals surface area contributed by atoms with Crippen LogP contribution in [0.2, 0.25) is 0 Å². The largest absolute Gasteiger partial charge is 0.361 e. The third kappa shape index (κ3) is 1.67. The molecule has 18 heavy (non-hydrogen) atoms. The smallest absolute Gasteiger partial charge is 0.0456 e. The molecular formula is C16H20N2. The molecule has 2 bridgehead atoms. The maximum atomic E-state index is 3.40. The number of hydrogen-bond donors (Lipinski definition) is 1. The minimum Gasteiger partial charge on any atom is -0.361 e. The average molecular weight is 240 g/mol. The van der Waals surface area contributed by atoms with Gasteiger partial charge in [-0.15, -0.1) is 0 Å². The Hall–Kier alpha value is -1.28. The van der Waals surface area contributed by atoms with Gasteiger partial charge in [0, 0.05) is 23.1 Å². The summed E-state index contributed by atoms with van der Waals surface area (Å²) in [6.07, 6.45) is 7.73. The molecular weight excluding hydrogens is 220 g/mol. The summed E-state index contributed by atoms with van der Waals surface area (Å²) in [6.45, 7) is 2.66. The SMILES string of the molecule is c1ccc2c(C[C@H]3CC4CCN3CC4)c[nH]c2c1. The van der Waals surface area contributed by atoms with Gasteiger partial charge in [-0.05, 0) is 56.3 Å². The van der Waals surface area contributed by atoms with Crippen LogP contribution >= 0.6 is 0 Å². The van der Waals surface area contributed by atoms with Gasteiger partial charge in [-0.25, -0.2) is 0 Å². The molecule has 3 aliphatic heterocycles. The Morgan fingerprint density at radius 3 is 2.78 bits per heavy atom. The van der Waals surface area contributed by atoms with E-state index in [1.165, 1.54) is 55.2 Å². The Kier molecular flexibility index (Phi) is 2.44. The van der Waals surface area contributed by atoms with Crippen LogP contribution in [0, 0.1) is 5.92 Å². The molecule has 0 spiro atoms. The van der Waals surface area contributed by atoms with Crippen molar-refractivity contribution in [2.24, 2.45) is 5.92 Å². The zero-order valence-corrected chi connectivity index (χ0v) is 10.7. The molecule has 2 aromatic rings. The fourth-order valence-corrected chi connectivity index (χ4v) is 3.85. The summed E-state index contributed by atoms with van der Waals surface area (Å²) in [5.41, 5.74) is 2.78. The molecule has 94 valence electrons. The topological polar surface area (TPSA) is 19.0 Å². The molecule has 0 radical (unpaired) electrons. The van der Waals surface area contributed by atoms with Crippen molar-refractivity contribution >= 4 is 10.9 Å². The van der Waals surface area contributed by atoms with Crippen LogP contribution in [-0.4, -0.2) is 29.0 Å². The minimum atomic E-state index is 0.789. The lowest BCUT2D eigenvalue weighted by Gasteiger charge is -2.45. The number of piperidine rings is 3. The first-order chi connectivity index (χ1) is 8.90. The number of hydrogen-bond acceptors (Lipinski definition) is 1. The van der Waals surface area contributed by atoms with E-state index < -0.39 is 0 Å². The van der Waals surface area contributed by atoms with Crippen LogP contribution in [0.1, 0.15) is 24.8 Å². The lowest BCUT2D eigenvalue weighted by Crippen LogP contribution is -2.49. The fraction of sp³-hybridized carbons (Fsp3) is 0.500. The molecule has 1 aromatic heterocycles. The quantitative estimate of drug-likeness (QED) is 0.854. The number of H-pyrrole nitrogens is 1. The van der Waals surface area contributed by atoms with Crippen LogP contribution in [0.4, 0.5) is 0 Å². The molecule has 3 fully saturated rings. The van der Waals surface area contributed by atoms with Crippen LogP contribution in [0.5, 0.6) is 0 Å². The molecule has 1 N–H and O–H groups in total. The zero-order valence-electron chi connectivity index (χ0n) is 10.7. The highest BCUT2D eigenvalue weighted by molar-refractivity contribution is 5.83. The Bertz CT molecular complexity index is 549. The summed E-state index contributed by atoms with van der Waals surface area (Å²) in [5, 5.41) is 1.42. The summed E-state index contributed by atoms with van der Waals surface area (Å²) < 4.78 is 0. The third-order valence-corrected chi connectivity index (χ3v) is 4.90. The van der Waals surface area contributed by atoms with E-state index in [-0.39, 0.29) is 0 Å². The van der Waals surface area contributed by atoms with Gasteiger partial charge in [0.15, 0.2) is 0 Å². The third-order valence-electron chi connectivity index (χ3n) is 4.90. The standard InChI is InChI=1S/C16H20N2/c1-2-4-16-15(3-1)13(11-17-16)10-14-9-12-5-7-18(14)8-6-12/h1-4,11-12,14,17H,5-10H2/t14-/m1/s1. The highest BCUT2D eigenvalue weighted by atomic mass is 15.2. The molecule has 0 amide bonds. The van der Waals surface area contributed by atoms with Crippen LogP contribution in [0.3, 0.4) is 0 Å². The van der Waals surface area contributed by atoms with Gasteiger partial charge in [-0.1, -0.05) is 18.2 Å². The minimum absolute atomic E-state index is 0.789. The summed E-state index contributed by atoms with van der Waals surface area (Å²) in [5.74, 6) is 1.00. The number of rotatable bonds is 2. The first-order valence-corrected chi connectivity index (χ1v) is 7.19. The van der Waals surface area contributed by atoms with Gasteiger partial charge in [0.2, 0.25) is 0 Å². The van der Waals surface area contributed by atoms with E-state index in [0.717, 1.165) is 12.0 Å². The van der Waals surface area contributed by atoms with Gasteiger partial charge in [0.25, 0.3) is 0 Å². The normalized spacial score (nSPS) is 31.0. The highest BCUT2D eigenvalue weighted by Crippen LogP contribution is 2.34. The molecule has 1 aromatic carbocycles. The Balaban J connectivity index is 1.61. The lowest BCUT2D eigenvalue weighted by molar-refractivity contribution is 0.0500. The van der Waals surface area contributed by atoms with Crippen molar-refractivity contribution in [3.05, 3.63) is 36.0 Å². The Labute approximate surface area is 108 Å². The van der Waals surface area contributed by atoms with E-state index in [1.54, 1.807) is 0 Å². The molecule has 4 heterocycles. The number of para-hydroxylation sites is 1. The Morgan fingerprint density at radius 2 is 2.00 bits per heavy atom. The van der Waals surface area contributed by atoms with Crippen molar-refractivity contribution in [3.63, 3.8) is 0 Å². The molecule has 0 aliphatic carbocycles. The number of aromatic nitrogens is 1. The second-order valence-electron chi connectivity index (χ2n) is 5.93. The molecule has 1 atom stereocenters. The molecule has 0 unspecified atom stereocenters. The molecule has 0 saturated carbocycles. The van der Waals surface area contributed by atoms with E-state index in [0.29, 0.717) is 0 Å². The maximum Gasteiger partial charge on any atom is 0.0456 e. The van der Waals surface area contributed by atoms with E-state index >= 15 is 0 Å². The number of fused-ring (bicyclic) bond motifs is 4. The number of nitrogens with zero attached hydrogens (tertiary/aromatic N) is 1. The molecule has 3 aliphatic rings. The van der Waals surface area contributed by atoms with Crippen molar-refractivity contribution in [2.45, 2.75) is 31.7 Å². The van der Waals surface area contributed by atoms with E-state index in [4.69, 9.17) is 0 Å². The summed E-state index contributed by atoms with van der Waals surface area (Å²) >= 11 is 0. The number of aromatic amines is 1. The molecule has 2 nitrogen and oxygen atoms in total. The van der Waals surface area contributed by atoms with Crippen molar-refractivity contribution in [1.29, 1.82) is 0 Å². The highest BCUT2D eigenvalue weighted by Gasteiger charge is 2.33. The predicted octanol–water partition coefficient (Wildman–Crippen LogP) is 3.19. The second-order valence-corrected chi connectivity index (χ2v) is 5.93. The lowest BCUT2D eigenvalue weighted by atomic mass is 9.81. The van der Waals surface area contributed by atoms with Gasteiger partial charge in [0.05, 0.1) is 0 Å². The van der Waals surface area contributed by atoms with E-state index in [9.17, 15) is 0 Å². The van der Waals surface area contributed by atoms with Crippen molar-refractivity contribution in [2.75, 3.05) is 13.1 Å². The van der Waals surface area contributed by atoms with Crippen LogP contribution < -0.4 is 0 Å². The molecule has 2 heteroatoms. The predicted molar refractivity (Wildman–Crippen MR) is 74.7 cm³/mol. The van der Waals surface area contributed by atoms with Gasteiger partial charge in [-0.3, -0.25) is 0 Å². The van der Waals surface area contributed by atoms with Gasteiger partial charge >= 0.3 is 0 Å². The van der Waals surface area contributed by atoms with Crippen molar-refractivity contribution in [3.8, 4) is 0 Å². The second kappa shape index (κ2) is 4.13. The zero-order chi connectivity index (χ0) is 11.9. The van der Waals surface area contributed by atoms with Crippen LogP contribution in [0.25, 0.3) is 10.9 Å². The van der Waals surface area contributed by atoms with Crippen LogP contribution in [0.15, 0.2) is 30.5 Å². The summed E-state index contributed by atoms with van der Waals surface area (Å²) in [7, 11) is 0. The summed E-state index contributed by atoms with van der Waals surface area (Å²) in [6, 6.07) is 9.46. The average Bonchev–Trinajstić information content (AvgIpc) is 2.84.